The zero-order valence-corrected chi connectivity index (χ0v) is 13.8. The van der Waals surface area contributed by atoms with Crippen LogP contribution in [0.5, 0.6) is 0 Å². The van der Waals surface area contributed by atoms with Gasteiger partial charge in [-0.1, -0.05) is 33.1 Å². The van der Waals surface area contributed by atoms with E-state index in [2.05, 4.69) is 32.0 Å². The van der Waals surface area contributed by atoms with E-state index >= 15 is 0 Å². The second kappa shape index (κ2) is 4.77. The molecule has 4 rings (SSSR count). The molecule has 2 heteroatoms. The van der Waals surface area contributed by atoms with Crippen molar-refractivity contribution >= 4 is 5.91 Å². The van der Waals surface area contributed by atoms with Gasteiger partial charge in [0.1, 0.15) is 0 Å². The highest BCUT2D eigenvalue weighted by Gasteiger charge is 2.62. The second-order valence-corrected chi connectivity index (χ2v) is 8.89. The van der Waals surface area contributed by atoms with E-state index in [9.17, 15) is 4.79 Å². The van der Waals surface area contributed by atoms with Crippen LogP contribution in [-0.2, 0) is 4.79 Å². The van der Waals surface area contributed by atoms with Gasteiger partial charge in [0.15, 0.2) is 0 Å². The van der Waals surface area contributed by atoms with Gasteiger partial charge < -0.3 is 5.32 Å². The Labute approximate surface area is 129 Å². The Morgan fingerprint density at radius 1 is 1.24 bits per heavy atom. The van der Waals surface area contributed by atoms with Crippen LogP contribution in [0.2, 0.25) is 0 Å². The number of terminal acetylenes is 1. The van der Waals surface area contributed by atoms with E-state index in [-0.39, 0.29) is 17.4 Å². The fourth-order valence-corrected chi connectivity index (χ4v) is 6.50. The van der Waals surface area contributed by atoms with Gasteiger partial charge in [-0.05, 0) is 61.7 Å². The summed E-state index contributed by atoms with van der Waals surface area (Å²) in [5.74, 6) is 3.75. The van der Waals surface area contributed by atoms with Gasteiger partial charge in [-0.3, -0.25) is 4.79 Å². The van der Waals surface area contributed by atoms with Crippen molar-refractivity contribution in [3.05, 3.63) is 0 Å². The van der Waals surface area contributed by atoms with Gasteiger partial charge >= 0.3 is 0 Å². The maximum absolute atomic E-state index is 13.0. The number of hydrogen-bond donors (Lipinski definition) is 1. The van der Waals surface area contributed by atoms with Gasteiger partial charge in [0.05, 0.1) is 11.5 Å². The number of rotatable bonds is 4. The summed E-state index contributed by atoms with van der Waals surface area (Å²) in [6.45, 7) is 6.92. The zero-order chi connectivity index (χ0) is 15.3. The first-order valence-corrected chi connectivity index (χ1v) is 8.59. The van der Waals surface area contributed by atoms with Crippen molar-refractivity contribution < 1.29 is 4.79 Å². The molecule has 0 aliphatic heterocycles. The van der Waals surface area contributed by atoms with Gasteiger partial charge in [0, 0.05) is 0 Å². The number of carbonyl (C=O) groups is 1. The highest BCUT2D eigenvalue weighted by molar-refractivity contribution is 5.84. The molecule has 4 fully saturated rings. The van der Waals surface area contributed by atoms with Crippen LogP contribution in [-0.4, -0.2) is 11.9 Å². The highest BCUT2D eigenvalue weighted by atomic mass is 16.2. The Balaban J connectivity index is 1.81. The topological polar surface area (TPSA) is 29.1 Å². The van der Waals surface area contributed by atoms with Crippen molar-refractivity contribution in [2.24, 2.45) is 22.2 Å². The molecule has 0 saturated heterocycles. The molecule has 4 saturated carbocycles. The van der Waals surface area contributed by atoms with Crippen LogP contribution in [0.4, 0.5) is 0 Å². The summed E-state index contributed by atoms with van der Waals surface area (Å²) in [4.78, 5) is 13.0. The molecule has 0 aromatic carbocycles. The van der Waals surface area contributed by atoms with E-state index in [0.29, 0.717) is 10.8 Å². The molecule has 0 spiro atoms. The lowest BCUT2D eigenvalue weighted by Gasteiger charge is -2.64. The molecule has 4 aliphatic rings. The summed E-state index contributed by atoms with van der Waals surface area (Å²) in [5, 5.41) is 3.18. The fourth-order valence-electron chi connectivity index (χ4n) is 6.50. The Kier molecular flexibility index (Phi) is 3.39. The predicted molar refractivity (Wildman–Crippen MR) is 85.5 cm³/mol. The number of hydrogen-bond acceptors (Lipinski definition) is 1. The van der Waals surface area contributed by atoms with Crippen LogP contribution in [0.25, 0.3) is 0 Å². The standard InChI is InChI=1S/C19H29NO/c1-5-7-15(6-2)20-16(21)19-10-14-8-17(3,12-19)11-18(4,9-14)13-19/h2,14-15H,5,7-13H2,1,3-4H3,(H,20,21). The van der Waals surface area contributed by atoms with E-state index in [1.807, 2.05) is 0 Å². The molecule has 1 N–H and O–H groups in total. The lowest BCUT2D eigenvalue weighted by Crippen LogP contribution is -2.60. The average Bonchev–Trinajstić information content (AvgIpc) is 2.33. The van der Waals surface area contributed by atoms with Gasteiger partial charge in [-0.2, -0.15) is 0 Å². The van der Waals surface area contributed by atoms with Crippen LogP contribution in [0.1, 0.15) is 72.1 Å². The smallest absolute Gasteiger partial charge is 0.227 e. The maximum Gasteiger partial charge on any atom is 0.227 e. The lowest BCUT2D eigenvalue weighted by atomic mass is 9.40. The lowest BCUT2D eigenvalue weighted by molar-refractivity contribution is -0.170. The number of carbonyl (C=O) groups excluding carboxylic acids is 1. The summed E-state index contributed by atoms with van der Waals surface area (Å²) in [6.07, 6.45) is 14.7. The second-order valence-electron chi connectivity index (χ2n) is 8.89. The Morgan fingerprint density at radius 3 is 2.33 bits per heavy atom. The first kappa shape index (κ1) is 14.9. The SMILES string of the molecule is C#CC(CCC)NC(=O)C12CC3CC(C)(CC(C)(C3)C1)C2. The quantitative estimate of drug-likeness (QED) is 0.781. The Bertz CT molecular complexity index is 470. The molecule has 0 radical (unpaired) electrons. The third kappa shape index (κ3) is 2.50. The van der Waals surface area contributed by atoms with Gasteiger partial charge in [-0.25, -0.2) is 0 Å². The van der Waals surface area contributed by atoms with E-state index < -0.39 is 0 Å². The molecule has 3 atom stereocenters. The molecule has 116 valence electrons. The summed E-state index contributed by atoms with van der Waals surface area (Å²) in [5.41, 5.74) is 0.621. The van der Waals surface area contributed by atoms with Crippen LogP contribution in [0, 0.1) is 34.5 Å². The molecule has 0 aromatic heterocycles. The third-order valence-electron chi connectivity index (χ3n) is 6.19. The highest BCUT2D eigenvalue weighted by Crippen LogP contribution is 2.69. The van der Waals surface area contributed by atoms with Crippen molar-refractivity contribution in [3.8, 4) is 12.3 Å². The average molecular weight is 287 g/mol. The molecular formula is C19H29NO. The zero-order valence-electron chi connectivity index (χ0n) is 13.8. The minimum absolute atomic E-state index is 0.0869. The molecule has 1 amide bonds. The van der Waals surface area contributed by atoms with Crippen molar-refractivity contribution in [1.82, 2.24) is 5.32 Å². The molecule has 0 aromatic rings. The van der Waals surface area contributed by atoms with Crippen LogP contribution >= 0.6 is 0 Å². The van der Waals surface area contributed by atoms with Gasteiger partial charge in [0.25, 0.3) is 0 Å². The summed E-state index contributed by atoms with van der Waals surface area (Å²) in [7, 11) is 0. The normalized spacial score (nSPS) is 45.1. The molecular weight excluding hydrogens is 258 g/mol. The van der Waals surface area contributed by atoms with Crippen molar-refractivity contribution in [2.45, 2.75) is 78.2 Å². The van der Waals surface area contributed by atoms with E-state index in [0.717, 1.165) is 38.0 Å². The largest absolute Gasteiger partial charge is 0.342 e. The first-order valence-electron chi connectivity index (χ1n) is 8.59. The van der Waals surface area contributed by atoms with Crippen LogP contribution < -0.4 is 5.32 Å². The van der Waals surface area contributed by atoms with Gasteiger partial charge in [0.2, 0.25) is 5.91 Å². The number of nitrogens with one attached hydrogen (secondary N) is 1. The Morgan fingerprint density at radius 2 is 1.86 bits per heavy atom. The number of amides is 1. The van der Waals surface area contributed by atoms with E-state index in [1.54, 1.807) is 0 Å². The van der Waals surface area contributed by atoms with Crippen molar-refractivity contribution in [1.29, 1.82) is 0 Å². The molecule has 4 bridgehead atoms. The molecule has 2 nitrogen and oxygen atoms in total. The van der Waals surface area contributed by atoms with E-state index in [4.69, 9.17) is 6.42 Å². The third-order valence-corrected chi connectivity index (χ3v) is 6.19. The minimum Gasteiger partial charge on any atom is -0.342 e. The molecule has 0 heterocycles. The summed E-state index contributed by atoms with van der Waals surface area (Å²) in [6, 6.07) is -0.0869. The van der Waals surface area contributed by atoms with Crippen LogP contribution in [0.3, 0.4) is 0 Å². The summed E-state index contributed by atoms with van der Waals surface area (Å²) < 4.78 is 0. The van der Waals surface area contributed by atoms with Gasteiger partial charge in [-0.15, -0.1) is 6.42 Å². The minimum atomic E-state index is -0.133. The molecule has 4 aliphatic carbocycles. The van der Waals surface area contributed by atoms with Crippen LogP contribution in [0.15, 0.2) is 0 Å². The Hall–Kier alpha value is -0.970. The predicted octanol–water partition coefficient (Wildman–Crippen LogP) is 3.90. The van der Waals surface area contributed by atoms with Crippen molar-refractivity contribution in [3.63, 3.8) is 0 Å². The monoisotopic (exact) mass is 287 g/mol. The molecule has 21 heavy (non-hydrogen) atoms. The summed E-state index contributed by atoms with van der Waals surface area (Å²) >= 11 is 0. The maximum atomic E-state index is 13.0. The van der Waals surface area contributed by atoms with Crippen molar-refractivity contribution in [2.75, 3.05) is 0 Å². The molecule has 3 unspecified atom stereocenters. The fraction of sp³-hybridized carbons (Fsp3) is 0.842. The van der Waals surface area contributed by atoms with E-state index in [1.165, 1.54) is 19.3 Å². The first-order chi connectivity index (χ1) is 9.82.